The standard InChI is InChI=1S/C14H20FNO/c15-13-9-5-4-8-12(13)14(17)10-16-11-6-2-1-3-7-11/h4-5,8-9,11,14,16-17H,1-3,6-7,10H2. The van der Waals surface area contributed by atoms with Crippen LogP contribution >= 0.6 is 0 Å². The number of hydrogen-bond acceptors (Lipinski definition) is 2. The van der Waals surface area contributed by atoms with E-state index < -0.39 is 6.10 Å². The zero-order valence-electron chi connectivity index (χ0n) is 10.0. The minimum atomic E-state index is -0.752. The van der Waals surface area contributed by atoms with Crippen LogP contribution < -0.4 is 5.32 Å². The third-order valence-electron chi connectivity index (χ3n) is 3.47. The molecule has 2 N–H and O–H groups in total. The van der Waals surface area contributed by atoms with E-state index in [2.05, 4.69) is 5.32 Å². The minimum Gasteiger partial charge on any atom is -0.387 e. The monoisotopic (exact) mass is 237 g/mol. The quantitative estimate of drug-likeness (QED) is 0.844. The molecule has 1 atom stereocenters. The molecule has 0 heterocycles. The maximum atomic E-state index is 13.4. The first-order valence-electron chi connectivity index (χ1n) is 6.43. The molecule has 0 bridgehead atoms. The number of aliphatic hydroxyl groups is 1. The summed E-state index contributed by atoms with van der Waals surface area (Å²) in [4.78, 5) is 0. The third-order valence-corrected chi connectivity index (χ3v) is 3.47. The van der Waals surface area contributed by atoms with Gasteiger partial charge in [0.1, 0.15) is 5.82 Å². The van der Waals surface area contributed by atoms with Crippen molar-refractivity contribution >= 4 is 0 Å². The van der Waals surface area contributed by atoms with E-state index in [0.29, 0.717) is 18.2 Å². The second-order valence-corrected chi connectivity index (χ2v) is 4.78. The Morgan fingerprint density at radius 3 is 2.65 bits per heavy atom. The highest BCUT2D eigenvalue weighted by Crippen LogP contribution is 2.19. The summed E-state index contributed by atoms with van der Waals surface area (Å²) in [5.41, 5.74) is 0.385. The largest absolute Gasteiger partial charge is 0.387 e. The predicted octanol–water partition coefficient (Wildman–Crippen LogP) is 2.78. The highest BCUT2D eigenvalue weighted by atomic mass is 19.1. The number of halogens is 1. The molecular formula is C14H20FNO. The van der Waals surface area contributed by atoms with E-state index >= 15 is 0 Å². The molecule has 3 heteroatoms. The molecule has 1 unspecified atom stereocenters. The van der Waals surface area contributed by atoms with Gasteiger partial charge in [-0.1, -0.05) is 37.5 Å². The summed E-state index contributed by atoms with van der Waals surface area (Å²) in [6.45, 7) is 0.436. The lowest BCUT2D eigenvalue weighted by molar-refractivity contribution is 0.161. The molecule has 0 aromatic heterocycles. The van der Waals surface area contributed by atoms with Crippen molar-refractivity contribution < 1.29 is 9.50 Å². The van der Waals surface area contributed by atoms with Gasteiger partial charge in [0.15, 0.2) is 0 Å². The molecule has 1 saturated carbocycles. The van der Waals surface area contributed by atoms with E-state index in [9.17, 15) is 9.50 Å². The van der Waals surface area contributed by atoms with Crippen LogP contribution in [0.2, 0.25) is 0 Å². The van der Waals surface area contributed by atoms with Gasteiger partial charge in [-0.25, -0.2) is 4.39 Å². The van der Waals surface area contributed by atoms with Crippen molar-refractivity contribution in [1.82, 2.24) is 5.32 Å². The Morgan fingerprint density at radius 1 is 1.24 bits per heavy atom. The molecule has 1 aromatic rings. The molecular weight excluding hydrogens is 217 g/mol. The van der Waals surface area contributed by atoms with Crippen LogP contribution in [0.4, 0.5) is 4.39 Å². The topological polar surface area (TPSA) is 32.3 Å². The average molecular weight is 237 g/mol. The number of aliphatic hydroxyl groups excluding tert-OH is 1. The van der Waals surface area contributed by atoms with E-state index in [4.69, 9.17) is 0 Å². The third kappa shape index (κ3) is 3.51. The summed E-state index contributed by atoms with van der Waals surface area (Å²) < 4.78 is 13.4. The molecule has 1 aliphatic carbocycles. The van der Waals surface area contributed by atoms with Crippen LogP contribution in [0.5, 0.6) is 0 Å². The van der Waals surface area contributed by atoms with Crippen molar-refractivity contribution in [2.45, 2.75) is 44.2 Å². The lowest BCUT2D eigenvalue weighted by Gasteiger charge is -2.24. The second kappa shape index (κ2) is 6.12. The van der Waals surface area contributed by atoms with Gasteiger partial charge < -0.3 is 10.4 Å². The van der Waals surface area contributed by atoms with E-state index in [-0.39, 0.29) is 5.82 Å². The van der Waals surface area contributed by atoms with Crippen molar-refractivity contribution in [1.29, 1.82) is 0 Å². The van der Waals surface area contributed by atoms with E-state index in [1.807, 2.05) is 0 Å². The van der Waals surface area contributed by atoms with E-state index in [1.165, 1.54) is 38.2 Å². The van der Waals surface area contributed by atoms with Crippen LogP contribution in [0.25, 0.3) is 0 Å². The Kier molecular flexibility index (Phi) is 4.51. The Balaban J connectivity index is 1.84. The number of nitrogens with one attached hydrogen (secondary N) is 1. The molecule has 94 valence electrons. The Hall–Kier alpha value is -0.930. The Bertz CT molecular complexity index is 350. The van der Waals surface area contributed by atoms with E-state index in [0.717, 1.165) is 0 Å². The normalized spacial score (nSPS) is 19.2. The first kappa shape index (κ1) is 12.5. The summed E-state index contributed by atoms with van der Waals surface area (Å²) >= 11 is 0. The van der Waals surface area contributed by atoms with Gasteiger partial charge in [-0.2, -0.15) is 0 Å². The Labute approximate surface area is 102 Å². The summed E-state index contributed by atoms with van der Waals surface area (Å²) in [7, 11) is 0. The van der Waals surface area contributed by atoms with Crippen molar-refractivity contribution in [2.75, 3.05) is 6.54 Å². The highest BCUT2D eigenvalue weighted by molar-refractivity contribution is 5.19. The lowest BCUT2D eigenvalue weighted by Crippen LogP contribution is -2.34. The number of hydrogen-bond donors (Lipinski definition) is 2. The molecule has 2 rings (SSSR count). The summed E-state index contributed by atoms with van der Waals surface area (Å²) in [6, 6.07) is 6.91. The predicted molar refractivity (Wildman–Crippen MR) is 66.2 cm³/mol. The van der Waals surface area contributed by atoms with Gasteiger partial charge in [0, 0.05) is 18.2 Å². The van der Waals surface area contributed by atoms with Gasteiger partial charge in [0.05, 0.1) is 6.10 Å². The molecule has 1 fully saturated rings. The zero-order chi connectivity index (χ0) is 12.1. The smallest absolute Gasteiger partial charge is 0.129 e. The lowest BCUT2D eigenvalue weighted by atomic mass is 9.95. The van der Waals surface area contributed by atoms with Crippen molar-refractivity contribution in [3.05, 3.63) is 35.6 Å². The molecule has 0 aliphatic heterocycles. The maximum Gasteiger partial charge on any atom is 0.129 e. The van der Waals surface area contributed by atoms with Gasteiger partial charge in [-0.3, -0.25) is 0 Å². The minimum absolute atomic E-state index is 0.328. The molecule has 0 amide bonds. The highest BCUT2D eigenvalue weighted by Gasteiger charge is 2.16. The molecule has 17 heavy (non-hydrogen) atoms. The fraction of sp³-hybridized carbons (Fsp3) is 0.571. The van der Waals surface area contributed by atoms with E-state index in [1.54, 1.807) is 18.2 Å². The van der Waals surface area contributed by atoms with Gasteiger partial charge in [0.2, 0.25) is 0 Å². The molecule has 1 aliphatic rings. The summed E-state index contributed by atoms with van der Waals surface area (Å²) in [5.74, 6) is -0.328. The van der Waals surface area contributed by atoms with Crippen LogP contribution in [0.3, 0.4) is 0 Å². The first-order valence-corrected chi connectivity index (χ1v) is 6.43. The first-order chi connectivity index (χ1) is 8.27. The number of rotatable bonds is 4. The summed E-state index contributed by atoms with van der Waals surface area (Å²) in [5, 5.41) is 13.3. The van der Waals surface area contributed by atoms with Crippen molar-refractivity contribution in [2.24, 2.45) is 0 Å². The molecule has 2 nitrogen and oxygen atoms in total. The van der Waals surface area contributed by atoms with Crippen LogP contribution in [0.15, 0.2) is 24.3 Å². The maximum absolute atomic E-state index is 13.4. The SMILES string of the molecule is OC(CNC1CCCCC1)c1ccccc1F. The molecule has 1 aromatic carbocycles. The van der Waals surface area contributed by atoms with Gasteiger partial charge in [0.25, 0.3) is 0 Å². The summed E-state index contributed by atoms with van der Waals surface area (Å²) in [6.07, 6.45) is 5.42. The molecule has 0 spiro atoms. The van der Waals surface area contributed by atoms with Crippen molar-refractivity contribution in [3.8, 4) is 0 Å². The van der Waals surface area contributed by atoms with Crippen LogP contribution in [-0.4, -0.2) is 17.7 Å². The molecule has 0 radical (unpaired) electrons. The molecule has 0 saturated heterocycles. The number of benzene rings is 1. The fourth-order valence-electron chi connectivity index (χ4n) is 2.44. The van der Waals surface area contributed by atoms with Gasteiger partial charge >= 0.3 is 0 Å². The van der Waals surface area contributed by atoms with Crippen LogP contribution in [0.1, 0.15) is 43.8 Å². The van der Waals surface area contributed by atoms with Crippen LogP contribution in [-0.2, 0) is 0 Å². The fourth-order valence-corrected chi connectivity index (χ4v) is 2.44. The second-order valence-electron chi connectivity index (χ2n) is 4.78. The van der Waals surface area contributed by atoms with Gasteiger partial charge in [-0.15, -0.1) is 0 Å². The Morgan fingerprint density at radius 2 is 1.94 bits per heavy atom. The van der Waals surface area contributed by atoms with Gasteiger partial charge in [-0.05, 0) is 18.9 Å². The zero-order valence-corrected chi connectivity index (χ0v) is 10.0. The van der Waals surface area contributed by atoms with Crippen molar-refractivity contribution in [3.63, 3.8) is 0 Å². The average Bonchev–Trinajstić information content (AvgIpc) is 2.38. The van der Waals surface area contributed by atoms with Crippen LogP contribution in [0, 0.1) is 5.82 Å².